The van der Waals surface area contributed by atoms with Crippen LogP contribution >= 0.6 is 0 Å². The van der Waals surface area contributed by atoms with E-state index in [0.29, 0.717) is 17.6 Å². The number of nitrogens with zero attached hydrogens (tertiary/aromatic N) is 5. The number of likely N-dealkylation sites (N-methyl/N-ethyl adjacent to an activating group) is 1. The second-order valence-corrected chi connectivity index (χ2v) is 7.87. The van der Waals surface area contributed by atoms with Crippen molar-refractivity contribution in [2.75, 3.05) is 37.4 Å². The lowest BCUT2D eigenvalue weighted by Gasteiger charge is -2.43. The zero-order chi connectivity index (χ0) is 22.3. The van der Waals surface area contributed by atoms with Gasteiger partial charge in [-0.15, -0.1) is 5.10 Å². The molecule has 164 valence electrons. The number of halogens is 4. The molecule has 1 fully saturated rings. The zero-order valence-corrected chi connectivity index (χ0v) is 17.3. The van der Waals surface area contributed by atoms with Crippen molar-refractivity contribution in [3.05, 3.63) is 53.1 Å². The maximum Gasteiger partial charge on any atom is 0.419 e. The highest BCUT2D eigenvalue weighted by Gasteiger charge is 2.34. The van der Waals surface area contributed by atoms with Gasteiger partial charge in [0.05, 0.1) is 11.3 Å². The molecule has 0 saturated carbocycles. The number of hydrogen-bond donors (Lipinski definition) is 1. The Bertz CT molecular complexity index is 1110. The summed E-state index contributed by atoms with van der Waals surface area (Å²) in [7, 11) is 4.06. The summed E-state index contributed by atoms with van der Waals surface area (Å²) in [6.07, 6.45) is -3.04. The van der Waals surface area contributed by atoms with Gasteiger partial charge in [-0.2, -0.15) is 18.3 Å². The van der Waals surface area contributed by atoms with Crippen molar-refractivity contribution in [3.8, 4) is 0 Å². The van der Waals surface area contributed by atoms with E-state index in [2.05, 4.69) is 30.3 Å². The summed E-state index contributed by atoms with van der Waals surface area (Å²) in [6.45, 7) is 3.34. The molecule has 0 atom stereocenters. The molecular weight excluding hydrogens is 412 g/mol. The molecule has 0 radical (unpaired) electrons. The monoisotopic (exact) mass is 434 g/mol. The zero-order valence-electron chi connectivity index (χ0n) is 17.3. The van der Waals surface area contributed by atoms with Crippen LogP contribution in [0.3, 0.4) is 0 Å². The van der Waals surface area contributed by atoms with Gasteiger partial charge >= 0.3 is 6.18 Å². The molecule has 0 bridgehead atoms. The number of anilines is 2. The van der Waals surface area contributed by atoms with Gasteiger partial charge in [-0.1, -0.05) is 12.1 Å². The molecule has 0 unspecified atom stereocenters. The van der Waals surface area contributed by atoms with E-state index >= 15 is 0 Å². The summed E-state index contributed by atoms with van der Waals surface area (Å²) in [5.74, 6) is -0.137. The van der Waals surface area contributed by atoms with E-state index in [0.717, 1.165) is 35.7 Å². The van der Waals surface area contributed by atoms with Crippen molar-refractivity contribution in [1.82, 2.24) is 20.1 Å². The quantitative estimate of drug-likeness (QED) is 0.616. The fourth-order valence-electron chi connectivity index (χ4n) is 3.55. The molecule has 10 heteroatoms. The standard InChI is InChI=1S/C21H22F4N6/c1-12-16-9-26-18(31-10-14(11-31)30(2)3)7-15(16)20(29-28-12)27-8-13-5-4-6-17(19(13)22)21(23,24)25/h4-7,9,14H,8,10-11H2,1-3H3,(H,27,29). The van der Waals surface area contributed by atoms with E-state index in [-0.39, 0.29) is 12.1 Å². The van der Waals surface area contributed by atoms with Crippen LogP contribution in [0.15, 0.2) is 30.5 Å². The van der Waals surface area contributed by atoms with Gasteiger partial charge in [-0.05, 0) is 33.2 Å². The van der Waals surface area contributed by atoms with Crippen molar-refractivity contribution >= 4 is 22.4 Å². The molecular formula is C21H22F4N6. The van der Waals surface area contributed by atoms with Gasteiger partial charge in [-0.25, -0.2) is 9.37 Å². The molecule has 1 aliphatic heterocycles. The van der Waals surface area contributed by atoms with Gasteiger partial charge in [0, 0.05) is 48.2 Å². The van der Waals surface area contributed by atoms with Crippen molar-refractivity contribution in [1.29, 1.82) is 0 Å². The van der Waals surface area contributed by atoms with Gasteiger partial charge in [0.25, 0.3) is 0 Å². The Kier molecular flexibility index (Phi) is 5.42. The van der Waals surface area contributed by atoms with Crippen molar-refractivity contribution in [2.24, 2.45) is 0 Å². The first kappa shape index (κ1) is 21.2. The summed E-state index contributed by atoms with van der Waals surface area (Å²) >= 11 is 0. The summed E-state index contributed by atoms with van der Waals surface area (Å²) in [6, 6.07) is 5.57. The first-order valence-electron chi connectivity index (χ1n) is 9.78. The van der Waals surface area contributed by atoms with Crippen molar-refractivity contribution in [2.45, 2.75) is 25.7 Å². The maximum atomic E-state index is 14.4. The van der Waals surface area contributed by atoms with E-state index in [1.54, 1.807) is 13.1 Å². The van der Waals surface area contributed by atoms with Crippen molar-refractivity contribution < 1.29 is 17.6 Å². The maximum absolute atomic E-state index is 14.4. The number of nitrogens with one attached hydrogen (secondary N) is 1. The van der Waals surface area contributed by atoms with Crippen LogP contribution in [0.4, 0.5) is 29.2 Å². The summed E-state index contributed by atoms with van der Waals surface area (Å²) in [5.41, 5.74) is -0.706. The number of fused-ring (bicyclic) bond motifs is 1. The SMILES string of the molecule is Cc1nnc(NCc2cccc(C(F)(F)F)c2F)c2cc(N3CC(N(C)C)C3)ncc12. The number of benzene rings is 1. The number of pyridine rings is 1. The highest BCUT2D eigenvalue weighted by Crippen LogP contribution is 2.33. The lowest BCUT2D eigenvalue weighted by molar-refractivity contribution is -0.140. The van der Waals surface area contributed by atoms with Crippen LogP contribution in [0.25, 0.3) is 10.8 Å². The molecule has 4 rings (SSSR count). The highest BCUT2D eigenvalue weighted by atomic mass is 19.4. The fourth-order valence-corrected chi connectivity index (χ4v) is 3.55. The molecule has 3 heterocycles. The molecule has 3 aromatic rings. The molecule has 1 N–H and O–H groups in total. The van der Waals surface area contributed by atoms with Crippen LogP contribution in [0.1, 0.15) is 16.8 Å². The van der Waals surface area contributed by atoms with Gasteiger partial charge < -0.3 is 15.1 Å². The molecule has 1 aliphatic rings. The average molecular weight is 434 g/mol. The Morgan fingerprint density at radius 3 is 2.58 bits per heavy atom. The molecule has 0 spiro atoms. The fraction of sp³-hybridized carbons (Fsp3) is 0.381. The number of alkyl halides is 3. The van der Waals surface area contributed by atoms with Crippen LogP contribution in [0.2, 0.25) is 0 Å². The highest BCUT2D eigenvalue weighted by molar-refractivity contribution is 5.94. The van der Waals surface area contributed by atoms with E-state index in [4.69, 9.17) is 0 Å². The number of aryl methyl sites for hydroxylation is 1. The molecule has 31 heavy (non-hydrogen) atoms. The topological polar surface area (TPSA) is 57.2 Å². The minimum Gasteiger partial charge on any atom is -0.364 e. The minimum atomic E-state index is -4.75. The molecule has 6 nitrogen and oxygen atoms in total. The Labute approximate surface area is 176 Å². The third kappa shape index (κ3) is 4.12. The molecule has 0 aliphatic carbocycles. The van der Waals surface area contributed by atoms with E-state index in [1.165, 1.54) is 12.1 Å². The van der Waals surface area contributed by atoms with Crippen molar-refractivity contribution in [3.63, 3.8) is 0 Å². The molecule has 1 saturated heterocycles. The molecule has 2 aromatic heterocycles. The largest absolute Gasteiger partial charge is 0.419 e. The Morgan fingerprint density at radius 1 is 1.16 bits per heavy atom. The predicted molar refractivity (Wildman–Crippen MR) is 110 cm³/mol. The second-order valence-electron chi connectivity index (χ2n) is 7.87. The van der Waals surface area contributed by atoms with Crippen LogP contribution in [-0.2, 0) is 12.7 Å². The number of hydrogen-bond acceptors (Lipinski definition) is 6. The smallest absolute Gasteiger partial charge is 0.364 e. The second kappa shape index (κ2) is 7.92. The van der Waals surface area contributed by atoms with Crippen LogP contribution in [0, 0.1) is 12.7 Å². The summed E-state index contributed by atoms with van der Waals surface area (Å²) in [4.78, 5) is 8.81. The Balaban J connectivity index is 1.61. The third-order valence-electron chi connectivity index (χ3n) is 5.58. The Morgan fingerprint density at radius 2 is 1.90 bits per heavy atom. The molecule has 0 amide bonds. The normalized spacial score (nSPS) is 14.9. The first-order valence-corrected chi connectivity index (χ1v) is 9.78. The number of rotatable bonds is 5. The minimum absolute atomic E-state index is 0.101. The Hall–Kier alpha value is -3.01. The van der Waals surface area contributed by atoms with Crippen LogP contribution < -0.4 is 10.2 Å². The van der Waals surface area contributed by atoms with Gasteiger partial charge in [0.1, 0.15) is 11.6 Å². The van der Waals surface area contributed by atoms with Crippen LogP contribution in [0.5, 0.6) is 0 Å². The summed E-state index contributed by atoms with van der Waals surface area (Å²) in [5, 5.41) is 12.7. The average Bonchev–Trinajstić information content (AvgIpc) is 2.66. The first-order chi connectivity index (χ1) is 14.6. The van der Waals surface area contributed by atoms with E-state index < -0.39 is 17.6 Å². The number of aromatic nitrogens is 3. The van der Waals surface area contributed by atoms with Gasteiger partial charge in [-0.3, -0.25) is 0 Å². The third-order valence-corrected chi connectivity index (χ3v) is 5.58. The van der Waals surface area contributed by atoms with Gasteiger partial charge in [0.2, 0.25) is 0 Å². The molecule has 1 aromatic carbocycles. The summed E-state index contributed by atoms with van der Waals surface area (Å²) < 4.78 is 53.3. The lowest BCUT2D eigenvalue weighted by atomic mass is 10.1. The van der Waals surface area contributed by atoms with Crippen LogP contribution in [-0.4, -0.2) is 53.3 Å². The predicted octanol–water partition coefficient (Wildman–Crippen LogP) is 3.85. The lowest BCUT2D eigenvalue weighted by Crippen LogP contribution is -2.57. The van der Waals surface area contributed by atoms with Gasteiger partial charge in [0.15, 0.2) is 5.82 Å². The van der Waals surface area contributed by atoms with E-state index in [1.807, 2.05) is 20.2 Å². The van der Waals surface area contributed by atoms with E-state index in [9.17, 15) is 17.6 Å².